The molecular formula is C14H23N3O2S. The summed E-state index contributed by atoms with van der Waals surface area (Å²) in [6.07, 6.45) is 1.72. The van der Waals surface area contributed by atoms with Gasteiger partial charge in [0, 0.05) is 11.7 Å². The first-order valence-electron chi connectivity index (χ1n) is 7.03. The van der Waals surface area contributed by atoms with Gasteiger partial charge in [-0.3, -0.25) is 0 Å². The third-order valence-corrected chi connectivity index (χ3v) is 5.53. The van der Waals surface area contributed by atoms with Gasteiger partial charge in [0.05, 0.1) is 4.90 Å². The molecule has 0 amide bonds. The first-order chi connectivity index (χ1) is 9.42. The van der Waals surface area contributed by atoms with Crippen LogP contribution >= 0.6 is 0 Å². The molecule has 0 aromatic heterocycles. The number of anilines is 1. The number of benzene rings is 1. The van der Waals surface area contributed by atoms with Crippen LogP contribution in [0, 0.1) is 6.92 Å². The van der Waals surface area contributed by atoms with Crippen molar-refractivity contribution in [2.45, 2.75) is 37.6 Å². The number of nitrogen functional groups attached to an aromatic ring is 1. The molecule has 0 spiro atoms. The normalized spacial score (nSPS) is 18.3. The van der Waals surface area contributed by atoms with Gasteiger partial charge in [-0.05, 0) is 63.2 Å². The van der Waals surface area contributed by atoms with Crippen molar-refractivity contribution in [2.75, 3.05) is 25.4 Å². The van der Waals surface area contributed by atoms with Gasteiger partial charge in [-0.25, -0.2) is 13.1 Å². The van der Waals surface area contributed by atoms with Crippen molar-refractivity contribution in [1.82, 2.24) is 9.62 Å². The minimum absolute atomic E-state index is 0.0275. The van der Waals surface area contributed by atoms with E-state index in [0.717, 1.165) is 32.5 Å². The number of hydrogen-bond acceptors (Lipinski definition) is 4. The lowest BCUT2D eigenvalue weighted by Crippen LogP contribution is -2.44. The molecule has 1 heterocycles. The van der Waals surface area contributed by atoms with E-state index in [9.17, 15) is 8.42 Å². The van der Waals surface area contributed by atoms with Crippen molar-refractivity contribution in [1.29, 1.82) is 0 Å². The number of hydrogen-bond donors (Lipinski definition) is 2. The summed E-state index contributed by atoms with van der Waals surface area (Å²) in [6, 6.07) is 4.92. The zero-order valence-electron chi connectivity index (χ0n) is 12.1. The Balaban J connectivity index is 2.08. The second-order valence-corrected chi connectivity index (χ2v) is 7.04. The smallest absolute Gasteiger partial charge is 0.241 e. The maximum absolute atomic E-state index is 12.4. The Morgan fingerprint density at radius 2 is 2.00 bits per heavy atom. The predicted molar refractivity (Wildman–Crippen MR) is 81.0 cm³/mol. The summed E-state index contributed by atoms with van der Waals surface area (Å²) in [4.78, 5) is 2.66. The van der Waals surface area contributed by atoms with Gasteiger partial charge in [-0.1, -0.05) is 6.92 Å². The third-order valence-electron chi connectivity index (χ3n) is 3.85. The van der Waals surface area contributed by atoms with Crippen LogP contribution in [0.3, 0.4) is 0 Å². The molecule has 0 atom stereocenters. The highest BCUT2D eigenvalue weighted by atomic mass is 32.2. The zero-order chi connectivity index (χ0) is 14.8. The maximum Gasteiger partial charge on any atom is 0.241 e. The summed E-state index contributed by atoms with van der Waals surface area (Å²) in [6.45, 7) is 6.82. The molecule has 0 unspecified atom stereocenters. The fraction of sp³-hybridized carbons (Fsp3) is 0.571. The third kappa shape index (κ3) is 3.50. The number of nitrogens with two attached hydrogens (primary N) is 1. The van der Waals surface area contributed by atoms with Crippen LogP contribution in [0.5, 0.6) is 0 Å². The summed E-state index contributed by atoms with van der Waals surface area (Å²) in [7, 11) is -3.46. The van der Waals surface area contributed by atoms with Crippen LogP contribution in [-0.4, -0.2) is 39.0 Å². The Hall–Kier alpha value is -1.11. The second-order valence-electron chi connectivity index (χ2n) is 5.35. The minimum atomic E-state index is -3.46. The van der Waals surface area contributed by atoms with Crippen molar-refractivity contribution in [3.63, 3.8) is 0 Å². The number of sulfonamides is 1. The van der Waals surface area contributed by atoms with Crippen molar-refractivity contribution in [3.05, 3.63) is 23.8 Å². The number of nitrogens with zero attached hydrogens (tertiary/aromatic N) is 1. The molecule has 1 aliphatic rings. The summed E-state index contributed by atoms with van der Waals surface area (Å²) >= 11 is 0. The van der Waals surface area contributed by atoms with E-state index in [1.165, 1.54) is 0 Å². The fourth-order valence-corrected chi connectivity index (χ4v) is 4.16. The number of likely N-dealkylation sites (tertiary alicyclic amines) is 1. The Morgan fingerprint density at radius 1 is 1.35 bits per heavy atom. The molecule has 1 aromatic carbocycles. The van der Waals surface area contributed by atoms with Gasteiger partial charge in [-0.15, -0.1) is 0 Å². The molecular weight excluding hydrogens is 274 g/mol. The quantitative estimate of drug-likeness (QED) is 0.822. The van der Waals surface area contributed by atoms with Crippen molar-refractivity contribution in [2.24, 2.45) is 0 Å². The lowest BCUT2D eigenvalue weighted by molar-refractivity contribution is 0.217. The van der Waals surface area contributed by atoms with Gasteiger partial charge in [-0.2, -0.15) is 0 Å². The van der Waals surface area contributed by atoms with Crippen molar-refractivity contribution < 1.29 is 8.42 Å². The Bertz CT molecular complexity index is 564. The minimum Gasteiger partial charge on any atom is -0.399 e. The van der Waals surface area contributed by atoms with Crippen LogP contribution < -0.4 is 10.5 Å². The van der Waals surface area contributed by atoms with E-state index in [1.807, 2.05) is 0 Å². The van der Waals surface area contributed by atoms with E-state index in [-0.39, 0.29) is 6.04 Å². The van der Waals surface area contributed by atoms with Crippen LogP contribution in [0.25, 0.3) is 0 Å². The molecule has 1 aromatic rings. The topological polar surface area (TPSA) is 75.4 Å². The van der Waals surface area contributed by atoms with E-state index in [0.29, 0.717) is 16.1 Å². The highest BCUT2D eigenvalue weighted by molar-refractivity contribution is 7.89. The highest BCUT2D eigenvalue weighted by Gasteiger charge is 2.24. The lowest BCUT2D eigenvalue weighted by atomic mass is 10.1. The van der Waals surface area contributed by atoms with E-state index >= 15 is 0 Å². The number of piperidine rings is 1. The SMILES string of the molecule is CCN1CCC(NS(=O)(=O)c2ccc(N)cc2C)CC1. The molecule has 112 valence electrons. The Morgan fingerprint density at radius 3 is 2.55 bits per heavy atom. The molecule has 5 nitrogen and oxygen atoms in total. The monoisotopic (exact) mass is 297 g/mol. The molecule has 0 aliphatic carbocycles. The molecule has 6 heteroatoms. The predicted octanol–water partition coefficient (Wildman–Crippen LogP) is 1.34. The number of rotatable bonds is 4. The van der Waals surface area contributed by atoms with E-state index in [4.69, 9.17) is 5.73 Å². The van der Waals surface area contributed by atoms with Gasteiger partial charge >= 0.3 is 0 Å². The van der Waals surface area contributed by atoms with Gasteiger partial charge < -0.3 is 10.6 Å². The van der Waals surface area contributed by atoms with Gasteiger partial charge in [0.1, 0.15) is 0 Å². The zero-order valence-corrected chi connectivity index (χ0v) is 12.9. The molecule has 0 radical (unpaired) electrons. The van der Waals surface area contributed by atoms with Crippen molar-refractivity contribution in [3.8, 4) is 0 Å². The van der Waals surface area contributed by atoms with E-state index < -0.39 is 10.0 Å². The first-order valence-corrected chi connectivity index (χ1v) is 8.51. The van der Waals surface area contributed by atoms with Crippen molar-refractivity contribution >= 4 is 15.7 Å². The molecule has 2 rings (SSSR count). The van der Waals surface area contributed by atoms with Gasteiger partial charge in [0.2, 0.25) is 10.0 Å². The average molecular weight is 297 g/mol. The molecule has 1 aliphatic heterocycles. The van der Waals surface area contributed by atoms with Crippen LogP contribution in [-0.2, 0) is 10.0 Å². The molecule has 1 fully saturated rings. The van der Waals surface area contributed by atoms with Gasteiger partial charge in [0.15, 0.2) is 0 Å². The lowest BCUT2D eigenvalue weighted by Gasteiger charge is -2.31. The summed E-state index contributed by atoms with van der Waals surface area (Å²) < 4.78 is 27.7. The molecule has 20 heavy (non-hydrogen) atoms. The maximum atomic E-state index is 12.4. The van der Waals surface area contributed by atoms with Crippen LogP contribution in [0.2, 0.25) is 0 Å². The first kappa shape index (κ1) is 15.3. The summed E-state index contributed by atoms with van der Waals surface area (Å²) in [5.74, 6) is 0. The molecule has 0 saturated carbocycles. The summed E-state index contributed by atoms with van der Waals surface area (Å²) in [5, 5.41) is 0. The summed E-state index contributed by atoms with van der Waals surface area (Å²) in [5.41, 5.74) is 6.93. The largest absolute Gasteiger partial charge is 0.399 e. The Kier molecular flexibility index (Phi) is 4.67. The molecule has 1 saturated heterocycles. The number of nitrogens with one attached hydrogen (secondary N) is 1. The second kappa shape index (κ2) is 6.11. The van der Waals surface area contributed by atoms with Crippen LogP contribution in [0.1, 0.15) is 25.3 Å². The van der Waals surface area contributed by atoms with Crippen LogP contribution in [0.15, 0.2) is 23.1 Å². The number of aryl methyl sites for hydroxylation is 1. The Labute approximate surface area is 121 Å². The van der Waals surface area contributed by atoms with E-state index in [2.05, 4.69) is 16.5 Å². The standard InChI is InChI=1S/C14H23N3O2S/c1-3-17-8-6-13(7-9-17)16-20(18,19)14-5-4-12(15)10-11(14)2/h4-5,10,13,16H,3,6-9,15H2,1-2H3. The van der Waals surface area contributed by atoms with E-state index in [1.54, 1.807) is 25.1 Å². The highest BCUT2D eigenvalue weighted by Crippen LogP contribution is 2.19. The fourth-order valence-electron chi connectivity index (χ4n) is 2.62. The molecule has 3 N–H and O–H groups in total. The van der Waals surface area contributed by atoms with Gasteiger partial charge in [0.25, 0.3) is 0 Å². The van der Waals surface area contributed by atoms with Crippen LogP contribution in [0.4, 0.5) is 5.69 Å². The average Bonchev–Trinajstić information content (AvgIpc) is 2.38. The molecule has 0 bridgehead atoms.